The van der Waals surface area contributed by atoms with E-state index < -0.39 is 0 Å². The summed E-state index contributed by atoms with van der Waals surface area (Å²) in [6, 6.07) is 8.37. The molecule has 1 unspecified atom stereocenters. The van der Waals surface area contributed by atoms with E-state index >= 15 is 0 Å². The summed E-state index contributed by atoms with van der Waals surface area (Å²) in [5, 5.41) is 6.79. The van der Waals surface area contributed by atoms with Crippen molar-refractivity contribution in [2.45, 2.75) is 46.6 Å². The van der Waals surface area contributed by atoms with Gasteiger partial charge in [0.1, 0.15) is 5.75 Å². The summed E-state index contributed by atoms with van der Waals surface area (Å²) in [7, 11) is 0. The van der Waals surface area contributed by atoms with Gasteiger partial charge in [-0.25, -0.2) is 0 Å². The van der Waals surface area contributed by atoms with Crippen molar-refractivity contribution in [2.75, 3.05) is 32.8 Å². The molecule has 1 aromatic carbocycles. The Bertz CT molecular complexity index is 630. The summed E-state index contributed by atoms with van der Waals surface area (Å²) in [5.41, 5.74) is 1.17. The maximum Gasteiger partial charge on any atom is 0.225 e. The topological polar surface area (TPSA) is 66.0 Å². The van der Waals surface area contributed by atoms with Crippen molar-refractivity contribution in [2.24, 2.45) is 10.9 Å². The number of rotatable bonds is 8. The second-order valence-electron chi connectivity index (χ2n) is 7.12. The SMILES string of the molecule is CCNC(=NCCc1ccccc1OCC)NC1CCN(C(=O)C(C)C)C1. The normalized spacial score (nSPS) is 17.3. The van der Waals surface area contributed by atoms with Crippen LogP contribution in [0.5, 0.6) is 5.75 Å². The first-order chi connectivity index (χ1) is 13.0. The van der Waals surface area contributed by atoms with Gasteiger partial charge in [0, 0.05) is 38.1 Å². The van der Waals surface area contributed by atoms with Gasteiger partial charge in [-0.1, -0.05) is 32.0 Å². The molecule has 2 N–H and O–H groups in total. The quantitative estimate of drug-likeness (QED) is 0.542. The van der Waals surface area contributed by atoms with Gasteiger partial charge in [-0.2, -0.15) is 0 Å². The third-order valence-electron chi connectivity index (χ3n) is 4.60. The Hall–Kier alpha value is -2.24. The van der Waals surface area contributed by atoms with Crippen molar-refractivity contribution in [1.82, 2.24) is 15.5 Å². The number of carbonyl (C=O) groups excluding carboxylic acids is 1. The minimum absolute atomic E-state index is 0.0519. The minimum atomic E-state index is 0.0519. The van der Waals surface area contributed by atoms with Gasteiger partial charge in [0.2, 0.25) is 5.91 Å². The molecule has 1 aliphatic heterocycles. The lowest BCUT2D eigenvalue weighted by molar-refractivity contribution is -0.133. The zero-order valence-corrected chi connectivity index (χ0v) is 17.1. The number of nitrogens with one attached hydrogen (secondary N) is 2. The molecular weight excluding hydrogens is 340 g/mol. The van der Waals surface area contributed by atoms with Crippen molar-refractivity contribution in [3.63, 3.8) is 0 Å². The summed E-state index contributed by atoms with van der Waals surface area (Å²) in [6.45, 7) is 11.7. The highest BCUT2D eigenvalue weighted by molar-refractivity contribution is 5.81. The molecular formula is C21H34N4O2. The molecule has 6 heteroatoms. The molecule has 0 aliphatic carbocycles. The fraction of sp³-hybridized carbons (Fsp3) is 0.619. The summed E-state index contributed by atoms with van der Waals surface area (Å²) in [6.07, 6.45) is 1.78. The molecule has 0 saturated carbocycles. The summed E-state index contributed by atoms with van der Waals surface area (Å²) >= 11 is 0. The van der Waals surface area contributed by atoms with E-state index in [2.05, 4.69) is 23.6 Å². The molecule has 1 saturated heterocycles. The Labute approximate surface area is 163 Å². The Morgan fingerprint density at radius 3 is 2.81 bits per heavy atom. The molecule has 27 heavy (non-hydrogen) atoms. The Kier molecular flexibility index (Phi) is 8.43. The highest BCUT2D eigenvalue weighted by Crippen LogP contribution is 2.18. The molecule has 1 aliphatic rings. The molecule has 0 radical (unpaired) electrons. The van der Waals surface area contributed by atoms with Crippen molar-refractivity contribution in [3.8, 4) is 5.75 Å². The first-order valence-corrected chi connectivity index (χ1v) is 10.1. The van der Waals surface area contributed by atoms with Crippen LogP contribution in [0, 0.1) is 5.92 Å². The number of guanidine groups is 1. The second-order valence-corrected chi connectivity index (χ2v) is 7.12. The zero-order chi connectivity index (χ0) is 19.6. The van der Waals surface area contributed by atoms with Crippen LogP contribution in [0.2, 0.25) is 0 Å². The van der Waals surface area contributed by atoms with Crippen LogP contribution in [-0.2, 0) is 11.2 Å². The van der Waals surface area contributed by atoms with Crippen molar-refractivity contribution in [1.29, 1.82) is 0 Å². The lowest BCUT2D eigenvalue weighted by Gasteiger charge is -2.20. The molecule has 1 heterocycles. The fourth-order valence-electron chi connectivity index (χ4n) is 3.25. The van der Waals surface area contributed by atoms with E-state index in [0.29, 0.717) is 13.2 Å². The van der Waals surface area contributed by atoms with E-state index in [-0.39, 0.29) is 17.9 Å². The zero-order valence-electron chi connectivity index (χ0n) is 17.1. The van der Waals surface area contributed by atoms with Crippen LogP contribution < -0.4 is 15.4 Å². The summed E-state index contributed by atoms with van der Waals surface area (Å²) < 4.78 is 5.69. The highest BCUT2D eigenvalue weighted by Gasteiger charge is 2.27. The van der Waals surface area contributed by atoms with Crippen molar-refractivity contribution >= 4 is 11.9 Å². The standard InChI is InChI=1S/C21H34N4O2/c1-5-22-21(24-18-12-14-25(15-18)20(26)16(3)4)23-13-11-17-9-7-8-10-19(17)27-6-2/h7-10,16,18H,5-6,11-15H2,1-4H3,(H2,22,23,24). The Morgan fingerprint density at radius 1 is 1.33 bits per heavy atom. The number of ether oxygens (including phenoxy) is 1. The van der Waals surface area contributed by atoms with Gasteiger partial charge >= 0.3 is 0 Å². The predicted octanol–water partition coefficient (Wildman–Crippen LogP) is 2.44. The number of hydrogen-bond acceptors (Lipinski definition) is 3. The third-order valence-corrected chi connectivity index (χ3v) is 4.60. The Balaban J connectivity index is 1.90. The fourth-order valence-corrected chi connectivity index (χ4v) is 3.25. The molecule has 1 atom stereocenters. The van der Waals surface area contributed by atoms with E-state index in [1.54, 1.807) is 0 Å². The lowest BCUT2D eigenvalue weighted by Crippen LogP contribution is -2.45. The van der Waals surface area contributed by atoms with Crippen LogP contribution in [0.4, 0.5) is 0 Å². The molecule has 6 nitrogen and oxygen atoms in total. The molecule has 1 fully saturated rings. The molecule has 2 rings (SSSR count). The average molecular weight is 375 g/mol. The van der Waals surface area contributed by atoms with Crippen LogP contribution in [0.25, 0.3) is 0 Å². The largest absolute Gasteiger partial charge is 0.494 e. The van der Waals surface area contributed by atoms with Gasteiger partial charge < -0.3 is 20.3 Å². The van der Waals surface area contributed by atoms with E-state index in [1.165, 1.54) is 5.56 Å². The van der Waals surface area contributed by atoms with E-state index in [1.807, 2.05) is 43.9 Å². The van der Waals surface area contributed by atoms with E-state index in [4.69, 9.17) is 9.73 Å². The number of likely N-dealkylation sites (tertiary alicyclic amines) is 1. The lowest BCUT2D eigenvalue weighted by atomic mass is 10.1. The summed E-state index contributed by atoms with van der Waals surface area (Å²) in [5.74, 6) is 2.03. The number of para-hydroxylation sites is 1. The van der Waals surface area contributed by atoms with Gasteiger partial charge in [0.25, 0.3) is 0 Å². The van der Waals surface area contributed by atoms with Gasteiger partial charge in [-0.15, -0.1) is 0 Å². The van der Waals surface area contributed by atoms with Gasteiger partial charge in [-0.3, -0.25) is 9.79 Å². The number of benzene rings is 1. The maximum absolute atomic E-state index is 12.2. The predicted molar refractivity (Wildman–Crippen MR) is 110 cm³/mol. The van der Waals surface area contributed by atoms with Crippen LogP contribution in [-0.4, -0.2) is 55.6 Å². The minimum Gasteiger partial charge on any atom is -0.494 e. The molecule has 1 aromatic rings. The molecule has 0 spiro atoms. The van der Waals surface area contributed by atoms with Crippen molar-refractivity contribution in [3.05, 3.63) is 29.8 Å². The first-order valence-electron chi connectivity index (χ1n) is 10.1. The summed E-state index contributed by atoms with van der Waals surface area (Å²) in [4.78, 5) is 18.8. The second kappa shape index (κ2) is 10.8. The van der Waals surface area contributed by atoms with Gasteiger partial charge in [-0.05, 0) is 38.3 Å². The third kappa shape index (κ3) is 6.45. The first kappa shape index (κ1) is 21.1. The van der Waals surface area contributed by atoms with Gasteiger partial charge in [0.15, 0.2) is 5.96 Å². The number of hydrogen-bond donors (Lipinski definition) is 2. The van der Waals surface area contributed by atoms with E-state index in [9.17, 15) is 4.79 Å². The average Bonchev–Trinajstić information content (AvgIpc) is 3.11. The smallest absolute Gasteiger partial charge is 0.225 e. The van der Waals surface area contributed by atoms with Gasteiger partial charge in [0.05, 0.1) is 6.61 Å². The maximum atomic E-state index is 12.2. The van der Waals surface area contributed by atoms with Crippen LogP contribution in [0.1, 0.15) is 39.7 Å². The highest BCUT2D eigenvalue weighted by atomic mass is 16.5. The number of aliphatic imine (C=N–C) groups is 1. The molecule has 0 bridgehead atoms. The van der Waals surface area contributed by atoms with E-state index in [0.717, 1.165) is 44.2 Å². The number of amides is 1. The van der Waals surface area contributed by atoms with Crippen LogP contribution in [0.3, 0.4) is 0 Å². The van der Waals surface area contributed by atoms with Crippen molar-refractivity contribution < 1.29 is 9.53 Å². The van der Waals surface area contributed by atoms with Crippen LogP contribution >= 0.6 is 0 Å². The molecule has 0 aromatic heterocycles. The number of nitrogens with zero attached hydrogens (tertiary/aromatic N) is 2. The number of carbonyl (C=O) groups is 1. The Morgan fingerprint density at radius 2 is 2.11 bits per heavy atom. The monoisotopic (exact) mass is 374 g/mol. The van der Waals surface area contributed by atoms with Crippen LogP contribution in [0.15, 0.2) is 29.3 Å². The molecule has 150 valence electrons. The molecule has 1 amide bonds.